The predicted molar refractivity (Wildman–Crippen MR) is 67.4 cm³/mol. The van der Waals surface area contributed by atoms with Gasteiger partial charge in [-0.05, 0) is 18.6 Å². The molecule has 0 radical (unpaired) electrons. The molecule has 1 aliphatic carbocycles. The van der Waals surface area contributed by atoms with E-state index in [4.69, 9.17) is 0 Å². The summed E-state index contributed by atoms with van der Waals surface area (Å²) in [5.74, 6) is 0.839. The first-order chi connectivity index (χ1) is 8.36. The number of aryl methyl sites for hydroxylation is 1. The predicted octanol–water partition coefficient (Wildman–Crippen LogP) is 2.49. The Kier molecular flexibility index (Phi) is 2.40. The van der Waals surface area contributed by atoms with Crippen LogP contribution in [0.4, 0.5) is 0 Å². The summed E-state index contributed by atoms with van der Waals surface area (Å²) < 4.78 is 0. The van der Waals surface area contributed by atoms with E-state index in [1.165, 1.54) is 0 Å². The van der Waals surface area contributed by atoms with Crippen LogP contribution < -0.4 is 0 Å². The number of imidazole rings is 1. The van der Waals surface area contributed by atoms with Crippen LogP contribution >= 0.6 is 0 Å². The number of hydrogen-bond acceptors (Lipinski definition) is 2. The first kappa shape index (κ1) is 10.1. The number of fused-ring (bicyclic) bond motifs is 1. The van der Waals surface area contributed by atoms with Crippen molar-refractivity contribution in [1.82, 2.24) is 20.2 Å². The van der Waals surface area contributed by atoms with E-state index in [2.05, 4.69) is 33.2 Å². The van der Waals surface area contributed by atoms with Crippen molar-refractivity contribution in [3.8, 4) is 11.5 Å². The van der Waals surface area contributed by atoms with Crippen molar-refractivity contribution < 1.29 is 0 Å². The van der Waals surface area contributed by atoms with Crippen molar-refractivity contribution in [3.05, 3.63) is 41.4 Å². The first-order valence-corrected chi connectivity index (χ1v) is 5.83. The lowest BCUT2D eigenvalue weighted by Gasteiger charge is -1.89. The molecule has 2 aromatic rings. The largest absolute Gasteiger partial charge is 0.340 e. The Hall–Kier alpha value is -2.10. The Morgan fingerprint density at radius 1 is 1.35 bits per heavy atom. The summed E-state index contributed by atoms with van der Waals surface area (Å²) in [6.07, 6.45) is 10.0. The van der Waals surface area contributed by atoms with Gasteiger partial charge in [0.15, 0.2) is 5.82 Å². The van der Waals surface area contributed by atoms with Gasteiger partial charge in [-0.2, -0.15) is 5.10 Å². The van der Waals surface area contributed by atoms with Crippen LogP contribution in [0.2, 0.25) is 0 Å². The van der Waals surface area contributed by atoms with Gasteiger partial charge in [0, 0.05) is 17.8 Å². The van der Waals surface area contributed by atoms with E-state index in [9.17, 15) is 0 Å². The first-order valence-electron chi connectivity index (χ1n) is 5.83. The minimum Gasteiger partial charge on any atom is -0.340 e. The number of H-pyrrole nitrogens is 2. The molecule has 0 bridgehead atoms. The molecule has 2 N–H and O–H groups in total. The number of nitrogens with zero attached hydrogens (tertiary/aromatic N) is 2. The monoisotopic (exact) mass is 226 g/mol. The Balaban J connectivity index is 1.99. The van der Waals surface area contributed by atoms with Crippen molar-refractivity contribution in [2.45, 2.75) is 19.8 Å². The Morgan fingerprint density at radius 2 is 2.29 bits per heavy atom. The number of aromatic nitrogens is 4. The molecular formula is C13H14N4. The zero-order valence-corrected chi connectivity index (χ0v) is 9.70. The lowest BCUT2D eigenvalue weighted by Crippen LogP contribution is -1.83. The van der Waals surface area contributed by atoms with Gasteiger partial charge in [-0.15, -0.1) is 0 Å². The molecule has 0 aliphatic heterocycles. The molecule has 0 atom stereocenters. The number of nitrogens with one attached hydrogen (secondary N) is 2. The van der Waals surface area contributed by atoms with Crippen molar-refractivity contribution in [1.29, 1.82) is 0 Å². The van der Waals surface area contributed by atoms with Gasteiger partial charge in [-0.1, -0.05) is 25.2 Å². The van der Waals surface area contributed by atoms with E-state index in [1.807, 2.05) is 24.3 Å². The Bertz CT molecular complexity index is 586. The molecule has 0 fully saturated rings. The third-order valence-corrected chi connectivity index (χ3v) is 2.89. The van der Waals surface area contributed by atoms with Crippen molar-refractivity contribution >= 4 is 6.08 Å². The number of allylic oxidation sites excluding steroid dienone is 3. The fraction of sp³-hybridized carbons (Fsp3) is 0.231. The van der Waals surface area contributed by atoms with Crippen LogP contribution in [0, 0.1) is 0 Å². The summed E-state index contributed by atoms with van der Waals surface area (Å²) in [4.78, 5) is 7.90. The molecule has 1 aliphatic rings. The average molecular weight is 226 g/mol. The van der Waals surface area contributed by atoms with Gasteiger partial charge in [0.2, 0.25) is 0 Å². The van der Waals surface area contributed by atoms with Gasteiger partial charge < -0.3 is 4.98 Å². The molecule has 4 heteroatoms. The lowest BCUT2D eigenvalue weighted by atomic mass is 10.2. The highest BCUT2D eigenvalue weighted by Crippen LogP contribution is 2.20. The Morgan fingerprint density at radius 3 is 3.12 bits per heavy atom. The second-order valence-electron chi connectivity index (χ2n) is 4.07. The molecule has 0 saturated carbocycles. The summed E-state index contributed by atoms with van der Waals surface area (Å²) in [7, 11) is 0. The Labute approximate surface area is 99.5 Å². The van der Waals surface area contributed by atoms with Gasteiger partial charge in [0.1, 0.15) is 5.69 Å². The van der Waals surface area contributed by atoms with Crippen LogP contribution in [0.3, 0.4) is 0 Å². The fourth-order valence-electron chi connectivity index (χ4n) is 1.91. The van der Waals surface area contributed by atoms with Crippen LogP contribution in [0.1, 0.15) is 24.0 Å². The number of rotatable bonds is 2. The molecule has 0 aromatic carbocycles. The van der Waals surface area contributed by atoms with E-state index in [1.54, 1.807) is 0 Å². The van der Waals surface area contributed by atoms with Gasteiger partial charge in [0.25, 0.3) is 0 Å². The topological polar surface area (TPSA) is 57.4 Å². The van der Waals surface area contributed by atoms with E-state index < -0.39 is 0 Å². The summed E-state index contributed by atoms with van der Waals surface area (Å²) in [6.45, 7) is 2.10. The van der Waals surface area contributed by atoms with E-state index >= 15 is 0 Å². The SMILES string of the molecule is CCc1cc(-c2nc3c([nH]2)CC=CC=C3)n[nH]1. The van der Waals surface area contributed by atoms with Crippen LogP contribution in [0.15, 0.2) is 24.3 Å². The quantitative estimate of drug-likeness (QED) is 0.826. The van der Waals surface area contributed by atoms with Crippen molar-refractivity contribution in [2.24, 2.45) is 0 Å². The molecule has 3 rings (SSSR count). The zero-order chi connectivity index (χ0) is 11.7. The molecular weight excluding hydrogens is 212 g/mol. The average Bonchev–Trinajstić information content (AvgIpc) is 2.92. The molecule has 0 saturated heterocycles. The van der Waals surface area contributed by atoms with E-state index in [0.29, 0.717) is 0 Å². The lowest BCUT2D eigenvalue weighted by molar-refractivity contribution is 0.973. The van der Waals surface area contributed by atoms with Crippen molar-refractivity contribution in [2.75, 3.05) is 0 Å². The van der Waals surface area contributed by atoms with Crippen LogP contribution in [-0.2, 0) is 12.8 Å². The van der Waals surface area contributed by atoms with Gasteiger partial charge in [0.05, 0.1) is 5.69 Å². The highest BCUT2D eigenvalue weighted by atomic mass is 15.1. The highest BCUT2D eigenvalue weighted by molar-refractivity contribution is 5.59. The number of hydrogen-bond donors (Lipinski definition) is 2. The maximum atomic E-state index is 4.56. The van der Waals surface area contributed by atoms with Gasteiger partial charge in [-0.3, -0.25) is 5.10 Å². The molecule has 0 unspecified atom stereocenters. The second kappa shape index (κ2) is 4.05. The minimum atomic E-state index is 0.839. The maximum Gasteiger partial charge on any atom is 0.158 e. The molecule has 2 heterocycles. The summed E-state index contributed by atoms with van der Waals surface area (Å²) in [5, 5.41) is 7.27. The normalized spacial score (nSPS) is 13.7. The van der Waals surface area contributed by atoms with Crippen LogP contribution in [0.25, 0.3) is 17.6 Å². The summed E-state index contributed by atoms with van der Waals surface area (Å²) in [5.41, 5.74) is 4.16. The second-order valence-corrected chi connectivity index (χ2v) is 4.07. The molecule has 86 valence electrons. The highest BCUT2D eigenvalue weighted by Gasteiger charge is 2.11. The zero-order valence-electron chi connectivity index (χ0n) is 9.70. The molecule has 4 nitrogen and oxygen atoms in total. The van der Waals surface area contributed by atoms with E-state index in [0.717, 1.165) is 41.4 Å². The molecule has 0 amide bonds. The van der Waals surface area contributed by atoms with Gasteiger partial charge >= 0.3 is 0 Å². The third kappa shape index (κ3) is 1.82. The molecule has 2 aromatic heterocycles. The van der Waals surface area contributed by atoms with E-state index in [-0.39, 0.29) is 0 Å². The minimum absolute atomic E-state index is 0.839. The third-order valence-electron chi connectivity index (χ3n) is 2.89. The van der Waals surface area contributed by atoms with Crippen LogP contribution in [-0.4, -0.2) is 20.2 Å². The number of aromatic amines is 2. The molecule has 0 spiro atoms. The maximum absolute atomic E-state index is 4.56. The standard InChI is InChI=1S/C13H14N4/c1-2-9-8-12(17-16-9)13-14-10-6-4-3-5-7-11(10)15-13/h3-6,8H,2,7H2,1H3,(H,14,15)(H,16,17). The fourth-order valence-corrected chi connectivity index (χ4v) is 1.91. The van der Waals surface area contributed by atoms with Crippen LogP contribution in [0.5, 0.6) is 0 Å². The van der Waals surface area contributed by atoms with Crippen molar-refractivity contribution in [3.63, 3.8) is 0 Å². The smallest absolute Gasteiger partial charge is 0.158 e. The van der Waals surface area contributed by atoms with Gasteiger partial charge in [-0.25, -0.2) is 4.98 Å². The summed E-state index contributed by atoms with van der Waals surface area (Å²) in [6, 6.07) is 2.04. The summed E-state index contributed by atoms with van der Waals surface area (Å²) >= 11 is 0. The molecule has 17 heavy (non-hydrogen) atoms.